The van der Waals surface area contributed by atoms with Crippen LogP contribution in [-0.2, 0) is 14.4 Å². The number of carbonyl (C=O) groups excluding carboxylic acids is 4. The number of oxazole rings is 1. The molecular formula is C97H111N21O8. The Hall–Kier alpha value is -14.0. The number of benzene rings is 6. The molecule has 3 saturated heterocycles. The van der Waals surface area contributed by atoms with Crippen LogP contribution in [0, 0.1) is 0 Å². The fourth-order valence-electron chi connectivity index (χ4n) is 16.9. The number of anilines is 4. The van der Waals surface area contributed by atoms with Gasteiger partial charge in [0.15, 0.2) is 0 Å². The number of amides is 4. The number of nitrogen functional groups attached to an aromatic ring is 4. The number of rotatable bonds is 26. The molecule has 6 aromatic carbocycles. The molecule has 4 amide bonds. The Morgan fingerprint density at radius 3 is 1.10 bits per heavy atom. The zero-order valence-electron chi connectivity index (χ0n) is 68.9. The Balaban J connectivity index is 0.000000152. The summed E-state index contributed by atoms with van der Waals surface area (Å²) in [6.45, 7) is 5.69. The second-order valence-corrected chi connectivity index (χ2v) is 32.1. The van der Waals surface area contributed by atoms with E-state index in [1.54, 1.807) is 35.6 Å². The van der Waals surface area contributed by atoms with E-state index >= 15 is 0 Å². The molecule has 19 rings (SSSR count). The molecule has 0 unspecified atom stereocenters. The molecule has 7 aromatic heterocycles. The highest BCUT2D eigenvalue weighted by atomic mass is 16.5. The average molecular weight is 1700 g/mol. The molecule has 3 saturated carbocycles. The smallest absolute Gasteiger partial charge is 0.266 e. The fourth-order valence-corrected chi connectivity index (χ4v) is 16.9. The van der Waals surface area contributed by atoms with Gasteiger partial charge in [0.05, 0.1) is 40.5 Å². The van der Waals surface area contributed by atoms with Gasteiger partial charge in [0, 0.05) is 112 Å². The lowest BCUT2D eigenvalue weighted by molar-refractivity contribution is -0.125. The minimum atomic E-state index is -0.602. The van der Waals surface area contributed by atoms with E-state index in [9.17, 15) is 19.2 Å². The van der Waals surface area contributed by atoms with E-state index in [0.29, 0.717) is 132 Å². The van der Waals surface area contributed by atoms with Crippen LogP contribution < -0.4 is 42.9 Å². The highest BCUT2D eigenvalue weighted by Crippen LogP contribution is 2.48. The Labute approximate surface area is 733 Å². The highest BCUT2D eigenvalue weighted by Gasteiger charge is 2.38. The van der Waals surface area contributed by atoms with Crippen molar-refractivity contribution < 1.29 is 37.8 Å². The molecule has 6 aliphatic rings. The van der Waals surface area contributed by atoms with Crippen LogP contribution in [0.4, 0.5) is 23.3 Å². The van der Waals surface area contributed by atoms with Gasteiger partial charge in [-0.15, -0.1) is 0 Å². The van der Waals surface area contributed by atoms with Crippen LogP contribution in [0.25, 0.3) is 78.1 Å². The number of hydrogen-bond donors (Lipinski definition) is 5. The second kappa shape index (κ2) is 39.2. The average Bonchev–Trinajstić information content (AvgIpc) is 1.59. The molecule has 29 heteroatoms. The van der Waals surface area contributed by atoms with E-state index in [0.717, 1.165) is 99.8 Å². The number of ether oxygens (including phenoxy) is 3. The van der Waals surface area contributed by atoms with Crippen LogP contribution in [0.15, 0.2) is 236 Å². The van der Waals surface area contributed by atoms with Crippen molar-refractivity contribution in [2.45, 2.75) is 116 Å². The van der Waals surface area contributed by atoms with Crippen molar-refractivity contribution in [2.75, 3.05) is 103 Å². The summed E-state index contributed by atoms with van der Waals surface area (Å²) in [4.78, 5) is 95.6. The monoisotopic (exact) mass is 1700 g/mol. The molecule has 13 aromatic rings. The van der Waals surface area contributed by atoms with Gasteiger partial charge in [-0.2, -0.15) is 0 Å². The lowest BCUT2D eigenvalue weighted by Crippen LogP contribution is -2.29. The number of carbonyl (C=O) groups is 4. The standard InChI is InChI=1S/C33H33N7O3.C31H33N7O3.C30H33N7O2.3CH4/c1-38(23-11-12-23)17-5-8-27(41)39-18-15-24(20-39)40-30(33-35-16-19-42-33)28(29-31(34)36-21-37-32(29)40)22-9-13-26(14-10-22)43-25-6-3-2-4-7-25;1-36(21-11-12-21)16-5-8-25(39)37-17-15-22(18-37)38-28(30(33)40)26(27-29(32)34-19-35-31(27)38)20-9-13-24(14-10-20)41-23-6-3-2-4-7-23;1-35(21-11-12-21)16-5-8-25(38)36-17-15-22(18-36)37-29(32)26(27-28(31)33-19-34-30(27)37)20-9-13-24(14-10-20)39-23-6-3-2-4-7-23;;;/h2-10,13-14,16,19,21,23-24H,11-12,15,17-18,20H2,1H3,(H2,34,36,37);2-10,13-14,19,21-22H,11-12,15-18H2,1H3,(H2,33,40)(H2,32,34,35);2-10,13-14,19,21-22H,11-12,15-18,32H2,1H3,(H2,31,33,34);3*1H4/b3*8-5+;;;/t24-;2*22-;;;/m111.../s1. The van der Waals surface area contributed by atoms with Gasteiger partial charge in [0.1, 0.15) is 111 Å². The lowest BCUT2D eigenvalue weighted by atomic mass is 10.0. The van der Waals surface area contributed by atoms with Crippen molar-refractivity contribution in [1.82, 2.24) is 78.0 Å². The molecule has 3 aliphatic heterocycles. The largest absolute Gasteiger partial charge is 0.457 e. The van der Waals surface area contributed by atoms with Gasteiger partial charge in [-0.25, -0.2) is 34.9 Å². The third kappa shape index (κ3) is 19.5. The minimum absolute atomic E-state index is 0. The van der Waals surface area contributed by atoms with Crippen molar-refractivity contribution in [1.29, 1.82) is 0 Å². The van der Waals surface area contributed by atoms with Crippen LogP contribution in [0.5, 0.6) is 34.5 Å². The molecule has 6 fully saturated rings. The summed E-state index contributed by atoms with van der Waals surface area (Å²) in [5.74, 6) is 5.73. The summed E-state index contributed by atoms with van der Waals surface area (Å²) in [6, 6.07) is 53.5. The van der Waals surface area contributed by atoms with Crippen LogP contribution in [0.1, 0.15) is 109 Å². The van der Waals surface area contributed by atoms with E-state index in [1.807, 2.05) is 201 Å². The molecule has 3 atom stereocenters. The van der Waals surface area contributed by atoms with Crippen LogP contribution in [0.2, 0.25) is 0 Å². The van der Waals surface area contributed by atoms with Crippen molar-refractivity contribution in [3.63, 3.8) is 0 Å². The predicted octanol–water partition coefficient (Wildman–Crippen LogP) is 15.9. The van der Waals surface area contributed by atoms with Crippen LogP contribution in [-0.4, -0.2) is 200 Å². The van der Waals surface area contributed by atoms with Gasteiger partial charge >= 0.3 is 0 Å². The number of likely N-dealkylation sites (N-methyl/N-ethyl adjacent to an activating group) is 3. The molecule has 652 valence electrons. The molecule has 0 bridgehead atoms. The number of para-hydroxylation sites is 3. The van der Waals surface area contributed by atoms with E-state index in [2.05, 4.69) is 70.3 Å². The maximum absolute atomic E-state index is 13.1. The van der Waals surface area contributed by atoms with Gasteiger partial charge < -0.3 is 75.7 Å². The van der Waals surface area contributed by atoms with Gasteiger partial charge in [-0.3, -0.25) is 33.9 Å². The van der Waals surface area contributed by atoms with Crippen molar-refractivity contribution in [2.24, 2.45) is 5.73 Å². The first-order valence-corrected chi connectivity index (χ1v) is 41.8. The predicted molar refractivity (Wildman–Crippen MR) is 495 cm³/mol. The topological polar surface area (TPSA) is 364 Å². The van der Waals surface area contributed by atoms with Gasteiger partial charge in [-0.05, 0) is 168 Å². The van der Waals surface area contributed by atoms with E-state index in [1.165, 1.54) is 57.5 Å². The van der Waals surface area contributed by atoms with Crippen LogP contribution >= 0.6 is 0 Å². The maximum atomic E-state index is 13.1. The lowest BCUT2D eigenvalue weighted by Gasteiger charge is -2.18. The Morgan fingerprint density at radius 2 is 0.730 bits per heavy atom. The third-order valence-electron chi connectivity index (χ3n) is 23.7. The van der Waals surface area contributed by atoms with Gasteiger partial charge in [-0.1, -0.05) is 132 Å². The summed E-state index contributed by atoms with van der Waals surface area (Å²) in [5.41, 5.74) is 39.7. The zero-order valence-corrected chi connectivity index (χ0v) is 68.9. The SMILES string of the molecule is C.C.C.CN(C/C=C/C(=O)N1CC[C@@H](n2c(-c3ncco3)c(-c3ccc(Oc4ccccc4)cc3)c3c(N)ncnc32)C1)C1CC1.CN(C/C=C/C(=O)N1CC[C@@H](n2c(C(N)=O)c(-c3ccc(Oc4ccccc4)cc3)c3c(N)ncnc32)C1)C1CC1.CN(C/C=C/C(=O)N1CC[C@@H](n2c(N)c(-c3ccc(Oc4ccccc4)cc3)c3c(N)ncnc32)C1)C1CC1. The van der Waals surface area contributed by atoms with E-state index in [4.69, 9.17) is 52.3 Å². The van der Waals surface area contributed by atoms with Crippen molar-refractivity contribution >= 4 is 80.0 Å². The number of nitrogens with zero attached hydrogens (tertiary/aromatic N) is 16. The summed E-state index contributed by atoms with van der Waals surface area (Å²) >= 11 is 0. The first-order valence-electron chi connectivity index (χ1n) is 41.8. The highest BCUT2D eigenvalue weighted by molar-refractivity contribution is 6.13. The molecule has 10 N–H and O–H groups in total. The van der Waals surface area contributed by atoms with Crippen molar-refractivity contribution in [3.05, 3.63) is 237 Å². The fraction of sp³-hybridized carbons (Fsp3) is 0.309. The summed E-state index contributed by atoms with van der Waals surface area (Å²) in [5, 5.41) is 2.01. The number of likely N-dealkylation sites (tertiary alicyclic amines) is 3. The summed E-state index contributed by atoms with van der Waals surface area (Å²) in [6.07, 6.45) is 28.0. The maximum Gasteiger partial charge on any atom is 0.266 e. The zero-order chi connectivity index (χ0) is 84.8. The van der Waals surface area contributed by atoms with Gasteiger partial charge in [0.25, 0.3) is 5.91 Å². The Kier molecular flexibility index (Phi) is 27.5. The number of hydrogen-bond acceptors (Lipinski definition) is 22. The van der Waals surface area contributed by atoms with Crippen molar-refractivity contribution in [3.8, 4) is 79.5 Å². The normalized spacial score (nSPS) is 16.8. The molecule has 0 radical (unpaired) electrons. The minimum Gasteiger partial charge on any atom is -0.457 e. The first-order chi connectivity index (χ1) is 60.0. The number of fused-ring (bicyclic) bond motifs is 3. The summed E-state index contributed by atoms with van der Waals surface area (Å²) < 4.78 is 29.8. The van der Waals surface area contributed by atoms with Crippen LogP contribution in [0.3, 0.4) is 0 Å². The molecule has 3 aliphatic carbocycles. The Bertz CT molecular complexity index is 6050. The molecule has 29 nitrogen and oxygen atoms in total. The molecule has 126 heavy (non-hydrogen) atoms. The molecule has 0 spiro atoms. The van der Waals surface area contributed by atoms with E-state index < -0.39 is 5.91 Å². The van der Waals surface area contributed by atoms with E-state index in [-0.39, 0.29) is 63.9 Å². The second-order valence-electron chi connectivity index (χ2n) is 32.1. The Morgan fingerprint density at radius 1 is 0.405 bits per heavy atom. The quantitative estimate of drug-likeness (QED) is 0.0314. The molecular weight excluding hydrogens is 1590 g/mol. The summed E-state index contributed by atoms with van der Waals surface area (Å²) in [7, 11) is 6.29. The first kappa shape index (κ1) is 88.3. The number of primary amides is 1. The third-order valence-corrected chi connectivity index (χ3v) is 23.7. The van der Waals surface area contributed by atoms with Gasteiger partial charge in [0.2, 0.25) is 23.6 Å². The number of aromatic nitrogens is 10. The number of nitrogens with two attached hydrogens (primary N) is 5. The molecule has 10 heterocycles.